The fraction of sp³-hybridized carbons (Fsp3) is 0.286. The quantitative estimate of drug-likeness (QED) is 0.698. The number of likely N-dealkylation sites (tertiary alicyclic amines) is 1. The van der Waals surface area contributed by atoms with E-state index < -0.39 is 0 Å². The number of aromatic nitrogens is 2. The molecular weight excluding hydrogens is 345 g/mol. The third-order valence-corrected chi connectivity index (χ3v) is 4.98. The smallest absolute Gasteiger partial charge is 0.253 e. The second-order valence-corrected chi connectivity index (χ2v) is 6.95. The van der Waals surface area contributed by atoms with E-state index in [9.17, 15) is 9.18 Å². The summed E-state index contributed by atoms with van der Waals surface area (Å²) < 4.78 is 18.6. The van der Waals surface area contributed by atoms with Gasteiger partial charge in [0.2, 0.25) is 0 Å². The number of aryl methyl sites for hydroxylation is 1. The van der Waals surface area contributed by atoms with E-state index in [-0.39, 0.29) is 17.6 Å². The lowest BCUT2D eigenvalue weighted by Gasteiger charge is -2.31. The molecule has 0 N–H and O–H groups in total. The molecule has 27 heavy (non-hydrogen) atoms. The third-order valence-electron chi connectivity index (χ3n) is 4.98. The molecule has 6 heteroatoms. The van der Waals surface area contributed by atoms with Crippen LogP contribution in [-0.4, -0.2) is 34.3 Å². The molecule has 1 aliphatic heterocycles. The van der Waals surface area contributed by atoms with Gasteiger partial charge in [0, 0.05) is 35.4 Å². The molecule has 2 aromatic carbocycles. The summed E-state index contributed by atoms with van der Waals surface area (Å²) >= 11 is 0. The summed E-state index contributed by atoms with van der Waals surface area (Å²) in [5.41, 5.74) is 3.33. The Morgan fingerprint density at radius 2 is 2.04 bits per heavy atom. The Bertz CT molecular complexity index is 952. The number of hydrogen-bond acceptors (Lipinski definition) is 4. The van der Waals surface area contributed by atoms with Crippen LogP contribution in [0, 0.1) is 12.7 Å². The Kier molecular flexibility index (Phi) is 4.71. The zero-order valence-electron chi connectivity index (χ0n) is 15.1. The van der Waals surface area contributed by atoms with Crippen molar-refractivity contribution in [2.24, 2.45) is 0 Å². The molecule has 1 fully saturated rings. The van der Waals surface area contributed by atoms with Crippen molar-refractivity contribution in [1.29, 1.82) is 0 Å². The Balaban J connectivity index is 1.56. The molecule has 0 radical (unpaired) electrons. The summed E-state index contributed by atoms with van der Waals surface area (Å²) in [4.78, 5) is 14.6. The first-order valence-electron chi connectivity index (χ1n) is 9.06. The second-order valence-electron chi connectivity index (χ2n) is 6.95. The van der Waals surface area contributed by atoms with Crippen LogP contribution in [-0.2, 0) is 0 Å². The van der Waals surface area contributed by atoms with Crippen LogP contribution in [0.25, 0.3) is 11.3 Å². The highest BCUT2D eigenvalue weighted by molar-refractivity contribution is 5.94. The number of carbonyl (C=O) groups excluding carboxylic acids is 1. The molecular formula is C21H20FN3O2. The molecule has 3 aromatic rings. The normalized spacial score (nSPS) is 17.1. The van der Waals surface area contributed by atoms with E-state index in [1.807, 2.05) is 31.2 Å². The van der Waals surface area contributed by atoms with Gasteiger partial charge in [-0.05, 0) is 50.1 Å². The molecule has 0 unspecified atom stereocenters. The van der Waals surface area contributed by atoms with Crippen LogP contribution in [0.1, 0.15) is 40.4 Å². The molecule has 1 atom stereocenters. The molecule has 138 valence electrons. The molecule has 0 aliphatic carbocycles. The lowest BCUT2D eigenvalue weighted by molar-refractivity contribution is 0.0697. The summed E-state index contributed by atoms with van der Waals surface area (Å²) in [5.74, 6) is 0.314. The standard InChI is InChI=1S/C21H20FN3O2/c1-14-4-2-5-16(12-14)19-20(27-24-23-19)17-6-3-11-25(13-17)21(26)15-7-9-18(22)10-8-15/h2,4-5,7-10,12,17H,3,6,11,13H2,1H3/t17-/m0/s1. The van der Waals surface area contributed by atoms with Crippen LogP contribution in [0.3, 0.4) is 0 Å². The third kappa shape index (κ3) is 3.60. The number of halogens is 1. The molecule has 4 rings (SSSR count). The Labute approximate surface area is 156 Å². The van der Waals surface area contributed by atoms with Crippen molar-refractivity contribution in [3.63, 3.8) is 0 Å². The second kappa shape index (κ2) is 7.31. The van der Waals surface area contributed by atoms with Gasteiger partial charge in [0.1, 0.15) is 11.5 Å². The number of nitrogens with zero attached hydrogens (tertiary/aromatic N) is 3. The maximum absolute atomic E-state index is 13.1. The van der Waals surface area contributed by atoms with Crippen LogP contribution < -0.4 is 0 Å². The van der Waals surface area contributed by atoms with Crippen molar-refractivity contribution in [2.45, 2.75) is 25.7 Å². The van der Waals surface area contributed by atoms with Crippen molar-refractivity contribution in [3.05, 3.63) is 71.2 Å². The minimum absolute atomic E-state index is 0.0358. The minimum Gasteiger partial charge on any atom is -0.341 e. The maximum Gasteiger partial charge on any atom is 0.253 e. The first kappa shape index (κ1) is 17.4. The summed E-state index contributed by atoms with van der Waals surface area (Å²) in [6.45, 7) is 3.24. The zero-order valence-corrected chi connectivity index (χ0v) is 15.1. The van der Waals surface area contributed by atoms with E-state index in [0.29, 0.717) is 18.7 Å². The highest BCUT2D eigenvalue weighted by Crippen LogP contribution is 2.33. The highest BCUT2D eigenvalue weighted by Gasteiger charge is 2.30. The lowest BCUT2D eigenvalue weighted by atomic mass is 9.92. The molecule has 0 spiro atoms. The van der Waals surface area contributed by atoms with Gasteiger partial charge < -0.3 is 9.42 Å². The number of carbonyl (C=O) groups is 1. The molecule has 1 saturated heterocycles. The largest absolute Gasteiger partial charge is 0.341 e. The first-order valence-corrected chi connectivity index (χ1v) is 9.06. The molecule has 2 heterocycles. The fourth-order valence-electron chi connectivity index (χ4n) is 3.61. The van der Waals surface area contributed by atoms with E-state index in [4.69, 9.17) is 4.52 Å². The topological polar surface area (TPSA) is 59.2 Å². The van der Waals surface area contributed by atoms with E-state index in [2.05, 4.69) is 10.4 Å². The van der Waals surface area contributed by atoms with Gasteiger partial charge in [-0.25, -0.2) is 4.39 Å². The maximum atomic E-state index is 13.1. The first-order chi connectivity index (χ1) is 13.1. The summed E-state index contributed by atoms with van der Waals surface area (Å²) in [6, 6.07) is 13.7. The number of piperidine rings is 1. The molecule has 0 saturated carbocycles. The highest BCUT2D eigenvalue weighted by atomic mass is 19.1. The van der Waals surface area contributed by atoms with Crippen molar-refractivity contribution < 1.29 is 13.7 Å². The average molecular weight is 365 g/mol. The summed E-state index contributed by atoms with van der Waals surface area (Å²) in [7, 11) is 0. The fourth-order valence-corrected chi connectivity index (χ4v) is 3.61. The van der Waals surface area contributed by atoms with Crippen molar-refractivity contribution in [1.82, 2.24) is 15.3 Å². The minimum atomic E-state index is -0.349. The predicted octanol–water partition coefficient (Wildman–Crippen LogP) is 4.20. The van der Waals surface area contributed by atoms with Crippen molar-refractivity contribution in [3.8, 4) is 11.3 Å². The van der Waals surface area contributed by atoms with Crippen LogP contribution in [0.4, 0.5) is 4.39 Å². The average Bonchev–Trinajstić information content (AvgIpc) is 3.18. The Hall–Kier alpha value is -3.02. The van der Waals surface area contributed by atoms with E-state index >= 15 is 0 Å². The van der Waals surface area contributed by atoms with Gasteiger partial charge in [-0.15, -0.1) is 5.10 Å². The number of hydrogen-bond donors (Lipinski definition) is 0. The summed E-state index contributed by atoms with van der Waals surface area (Å²) in [5, 5.41) is 7.95. The van der Waals surface area contributed by atoms with Crippen LogP contribution >= 0.6 is 0 Å². The Morgan fingerprint density at radius 1 is 1.22 bits per heavy atom. The molecule has 1 aromatic heterocycles. The number of rotatable bonds is 3. The predicted molar refractivity (Wildman–Crippen MR) is 98.7 cm³/mol. The van der Waals surface area contributed by atoms with Gasteiger partial charge in [-0.1, -0.05) is 23.8 Å². The van der Waals surface area contributed by atoms with Crippen molar-refractivity contribution in [2.75, 3.05) is 13.1 Å². The van der Waals surface area contributed by atoms with E-state index in [0.717, 1.165) is 35.4 Å². The molecule has 5 nitrogen and oxygen atoms in total. The van der Waals surface area contributed by atoms with Crippen LogP contribution in [0.2, 0.25) is 0 Å². The van der Waals surface area contributed by atoms with Crippen LogP contribution in [0.5, 0.6) is 0 Å². The number of benzene rings is 2. The van der Waals surface area contributed by atoms with Gasteiger partial charge >= 0.3 is 0 Å². The zero-order chi connectivity index (χ0) is 18.8. The lowest BCUT2D eigenvalue weighted by Crippen LogP contribution is -2.39. The van der Waals surface area contributed by atoms with E-state index in [1.165, 1.54) is 24.3 Å². The van der Waals surface area contributed by atoms with Gasteiger partial charge in [0.05, 0.1) is 0 Å². The van der Waals surface area contributed by atoms with Crippen molar-refractivity contribution >= 4 is 5.91 Å². The Morgan fingerprint density at radius 3 is 2.81 bits per heavy atom. The summed E-state index contributed by atoms with van der Waals surface area (Å²) in [6.07, 6.45) is 1.77. The van der Waals surface area contributed by atoms with E-state index in [1.54, 1.807) is 4.90 Å². The molecule has 1 amide bonds. The van der Waals surface area contributed by atoms with Crippen LogP contribution in [0.15, 0.2) is 53.1 Å². The van der Waals surface area contributed by atoms with Gasteiger partial charge in [-0.3, -0.25) is 4.79 Å². The van der Waals surface area contributed by atoms with Gasteiger partial charge in [0.25, 0.3) is 5.91 Å². The number of amides is 1. The molecule has 1 aliphatic rings. The monoisotopic (exact) mass is 365 g/mol. The van der Waals surface area contributed by atoms with Gasteiger partial charge in [0.15, 0.2) is 5.76 Å². The SMILES string of the molecule is Cc1cccc(-c2nnoc2[C@H]2CCCN(C(=O)c3ccc(F)cc3)C2)c1. The molecule has 0 bridgehead atoms. The van der Waals surface area contributed by atoms with Gasteiger partial charge in [-0.2, -0.15) is 0 Å².